The zero-order valence-electron chi connectivity index (χ0n) is 17.0. The van der Waals surface area contributed by atoms with Crippen molar-refractivity contribution >= 4 is 23.1 Å². The normalized spacial score (nSPS) is 14.0. The monoisotopic (exact) mass is 394 g/mol. The van der Waals surface area contributed by atoms with Gasteiger partial charge in [0.05, 0.1) is 12.2 Å². The standard InChI is InChI=1S/C23H26N2O4/c1-4-29-19-8-5-7-18(15-19)24-21-20(17-11-9-16(2)10-12-17)22(26)25(23(21)27)13-6-14-28-3/h5,7-12,15,24H,4,6,13-14H2,1-3H3. The number of carbonyl (C=O) groups excluding carboxylic acids is 2. The molecule has 0 saturated heterocycles. The minimum atomic E-state index is -0.330. The molecule has 1 aliphatic heterocycles. The number of methoxy groups -OCH3 is 1. The molecule has 0 radical (unpaired) electrons. The van der Waals surface area contributed by atoms with Gasteiger partial charge in [0.25, 0.3) is 11.8 Å². The van der Waals surface area contributed by atoms with Gasteiger partial charge in [-0.25, -0.2) is 0 Å². The topological polar surface area (TPSA) is 67.9 Å². The number of aryl methyl sites for hydroxylation is 1. The van der Waals surface area contributed by atoms with E-state index in [9.17, 15) is 9.59 Å². The first-order chi connectivity index (χ1) is 14.0. The van der Waals surface area contributed by atoms with Gasteiger partial charge in [-0.3, -0.25) is 14.5 Å². The Balaban J connectivity index is 1.97. The largest absolute Gasteiger partial charge is 0.494 e. The molecule has 1 heterocycles. The lowest BCUT2D eigenvalue weighted by Gasteiger charge is -2.15. The van der Waals surface area contributed by atoms with Crippen LogP contribution < -0.4 is 10.1 Å². The van der Waals surface area contributed by atoms with Crippen LogP contribution in [0.15, 0.2) is 54.2 Å². The van der Waals surface area contributed by atoms with Crippen LogP contribution in [0.1, 0.15) is 24.5 Å². The molecule has 2 amide bonds. The van der Waals surface area contributed by atoms with Gasteiger partial charge in [0.2, 0.25) is 0 Å². The quantitative estimate of drug-likeness (QED) is 0.520. The van der Waals surface area contributed by atoms with Gasteiger partial charge in [-0.2, -0.15) is 0 Å². The fourth-order valence-electron chi connectivity index (χ4n) is 3.22. The van der Waals surface area contributed by atoms with Crippen LogP contribution in [0.2, 0.25) is 0 Å². The minimum Gasteiger partial charge on any atom is -0.494 e. The molecular formula is C23H26N2O4. The Labute approximate surface area is 171 Å². The van der Waals surface area contributed by atoms with E-state index in [-0.39, 0.29) is 17.5 Å². The summed E-state index contributed by atoms with van der Waals surface area (Å²) in [5.74, 6) is 0.0746. The number of benzene rings is 2. The molecule has 0 atom stereocenters. The van der Waals surface area contributed by atoms with E-state index in [1.807, 2.05) is 62.4 Å². The van der Waals surface area contributed by atoms with Gasteiger partial charge in [-0.05, 0) is 38.0 Å². The van der Waals surface area contributed by atoms with Crippen molar-refractivity contribution in [3.8, 4) is 5.75 Å². The van der Waals surface area contributed by atoms with Crippen molar-refractivity contribution < 1.29 is 19.1 Å². The molecule has 0 bridgehead atoms. The first-order valence-electron chi connectivity index (χ1n) is 9.71. The number of anilines is 1. The van der Waals surface area contributed by atoms with Crippen molar-refractivity contribution in [2.24, 2.45) is 0 Å². The van der Waals surface area contributed by atoms with Gasteiger partial charge in [-0.1, -0.05) is 35.9 Å². The molecule has 0 aliphatic carbocycles. The van der Waals surface area contributed by atoms with Crippen LogP contribution in [0.3, 0.4) is 0 Å². The molecule has 1 N–H and O–H groups in total. The highest BCUT2D eigenvalue weighted by molar-refractivity contribution is 6.36. The van der Waals surface area contributed by atoms with Crippen LogP contribution in [-0.4, -0.2) is 43.6 Å². The maximum atomic E-state index is 13.1. The van der Waals surface area contributed by atoms with Crippen molar-refractivity contribution in [1.29, 1.82) is 0 Å². The lowest BCUT2D eigenvalue weighted by Crippen LogP contribution is -2.33. The Hall–Kier alpha value is -3.12. The van der Waals surface area contributed by atoms with Crippen LogP contribution in [0.5, 0.6) is 5.75 Å². The SMILES string of the molecule is CCOc1cccc(NC2=C(c3ccc(C)cc3)C(=O)N(CCCOC)C2=O)c1. The number of rotatable bonds is 9. The van der Waals surface area contributed by atoms with Crippen molar-refractivity contribution in [3.05, 3.63) is 65.4 Å². The van der Waals surface area contributed by atoms with E-state index in [1.165, 1.54) is 4.90 Å². The molecule has 152 valence electrons. The Morgan fingerprint density at radius 1 is 1.03 bits per heavy atom. The summed E-state index contributed by atoms with van der Waals surface area (Å²) >= 11 is 0. The summed E-state index contributed by atoms with van der Waals surface area (Å²) in [6.45, 7) is 5.23. The van der Waals surface area contributed by atoms with Crippen molar-refractivity contribution in [2.75, 3.05) is 32.2 Å². The molecule has 2 aromatic rings. The van der Waals surface area contributed by atoms with E-state index in [4.69, 9.17) is 9.47 Å². The Morgan fingerprint density at radius 2 is 1.79 bits per heavy atom. The average Bonchev–Trinajstić information content (AvgIpc) is 2.94. The number of nitrogens with zero attached hydrogens (tertiary/aromatic N) is 1. The number of imide groups is 1. The van der Waals surface area contributed by atoms with Crippen molar-refractivity contribution in [1.82, 2.24) is 4.90 Å². The molecule has 0 unspecified atom stereocenters. The van der Waals surface area contributed by atoms with E-state index in [2.05, 4.69) is 5.32 Å². The van der Waals surface area contributed by atoms with Gasteiger partial charge >= 0.3 is 0 Å². The summed E-state index contributed by atoms with van der Waals surface area (Å²) in [5.41, 5.74) is 3.16. The lowest BCUT2D eigenvalue weighted by molar-refractivity contribution is -0.136. The molecule has 6 nitrogen and oxygen atoms in total. The molecule has 2 aromatic carbocycles. The van der Waals surface area contributed by atoms with Gasteiger partial charge < -0.3 is 14.8 Å². The fourth-order valence-corrected chi connectivity index (χ4v) is 3.22. The number of hydrogen-bond acceptors (Lipinski definition) is 5. The number of hydrogen-bond donors (Lipinski definition) is 1. The second-order valence-corrected chi connectivity index (χ2v) is 6.81. The van der Waals surface area contributed by atoms with Crippen LogP contribution in [0, 0.1) is 6.92 Å². The van der Waals surface area contributed by atoms with Gasteiger partial charge in [0.1, 0.15) is 11.4 Å². The predicted octanol–water partition coefficient (Wildman–Crippen LogP) is 3.62. The zero-order chi connectivity index (χ0) is 20.8. The van der Waals surface area contributed by atoms with Crippen molar-refractivity contribution in [2.45, 2.75) is 20.3 Å². The lowest BCUT2D eigenvalue weighted by atomic mass is 10.0. The second kappa shape index (κ2) is 9.39. The van der Waals surface area contributed by atoms with Crippen LogP contribution in [0.4, 0.5) is 5.69 Å². The summed E-state index contributed by atoms with van der Waals surface area (Å²) in [6, 6.07) is 14.9. The molecule has 1 aliphatic rings. The van der Waals surface area contributed by atoms with Crippen LogP contribution in [-0.2, 0) is 14.3 Å². The van der Waals surface area contributed by atoms with Gasteiger partial charge in [0.15, 0.2) is 0 Å². The van der Waals surface area contributed by atoms with Gasteiger partial charge in [0, 0.05) is 32.0 Å². The summed E-state index contributed by atoms with van der Waals surface area (Å²) < 4.78 is 10.6. The Bertz CT molecular complexity index is 919. The van der Waals surface area contributed by atoms with E-state index in [0.717, 1.165) is 5.56 Å². The van der Waals surface area contributed by atoms with E-state index < -0.39 is 0 Å². The maximum absolute atomic E-state index is 13.1. The average molecular weight is 394 g/mol. The second-order valence-electron chi connectivity index (χ2n) is 6.81. The number of nitrogens with one attached hydrogen (secondary N) is 1. The van der Waals surface area contributed by atoms with Crippen molar-refractivity contribution in [3.63, 3.8) is 0 Å². The minimum absolute atomic E-state index is 0.282. The van der Waals surface area contributed by atoms with E-state index in [0.29, 0.717) is 48.8 Å². The fraction of sp³-hybridized carbons (Fsp3) is 0.304. The highest BCUT2D eigenvalue weighted by Crippen LogP contribution is 2.31. The molecule has 6 heteroatoms. The zero-order valence-corrected chi connectivity index (χ0v) is 17.0. The van der Waals surface area contributed by atoms with E-state index in [1.54, 1.807) is 7.11 Å². The summed E-state index contributed by atoms with van der Waals surface area (Å²) in [6.07, 6.45) is 0.586. The predicted molar refractivity (Wildman–Crippen MR) is 113 cm³/mol. The first-order valence-corrected chi connectivity index (χ1v) is 9.71. The molecule has 0 fully saturated rings. The number of carbonyl (C=O) groups is 2. The number of ether oxygens (including phenoxy) is 2. The first kappa shape index (κ1) is 20.6. The van der Waals surface area contributed by atoms with Crippen LogP contribution >= 0.6 is 0 Å². The molecule has 3 rings (SSSR count). The van der Waals surface area contributed by atoms with Gasteiger partial charge in [-0.15, -0.1) is 0 Å². The smallest absolute Gasteiger partial charge is 0.278 e. The Kier molecular flexibility index (Phi) is 6.67. The third-order valence-electron chi connectivity index (χ3n) is 4.65. The summed E-state index contributed by atoms with van der Waals surface area (Å²) in [4.78, 5) is 27.5. The molecule has 0 saturated carbocycles. The summed E-state index contributed by atoms with van der Waals surface area (Å²) in [7, 11) is 1.60. The number of amides is 2. The molecule has 29 heavy (non-hydrogen) atoms. The molecule has 0 aromatic heterocycles. The highest BCUT2D eigenvalue weighted by Gasteiger charge is 2.38. The summed E-state index contributed by atoms with van der Waals surface area (Å²) in [5, 5.41) is 3.16. The maximum Gasteiger partial charge on any atom is 0.278 e. The molecule has 0 spiro atoms. The highest BCUT2D eigenvalue weighted by atomic mass is 16.5. The third-order valence-corrected chi connectivity index (χ3v) is 4.65. The van der Waals surface area contributed by atoms with Crippen LogP contribution in [0.25, 0.3) is 5.57 Å². The molecular weight excluding hydrogens is 368 g/mol. The van der Waals surface area contributed by atoms with E-state index >= 15 is 0 Å². The Morgan fingerprint density at radius 3 is 2.48 bits per heavy atom. The third kappa shape index (κ3) is 4.66.